The number of hydrogen-bond donors (Lipinski definition) is 1. The minimum Gasteiger partial charge on any atom is -0.493 e. The van der Waals surface area contributed by atoms with Gasteiger partial charge in [-0.15, -0.1) is 0 Å². The van der Waals surface area contributed by atoms with Crippen LogP contribution in [-0.4, -0.2) is 13.3 Å². The van der Waals surface area contributed by atoms with Crippen LogP contribution in [0, 0.1) is 23.3 Å². The molecule has 0 fully saturated rings. The zero-order valence-corrected chi connectivity index (χ0v) is 20.8. The van der Waals surface area contributed by atoms with Crippen LogP contribution in [0.15, 0.2) is 39.9 Å². The molecule has 3 aromatic carbocycles. The molecule has 0 saturated heterocycles. The Kier molecular flexibility index (Phi) is 8.63. The molecule has 0 radical (unpaired) electrons. The zero-order valence-electron chi connectivity index (χ0n) is 17.7. The highest BCUT2D eigenvalue weighted by atomic mass is 79.9. The topological polar surface area (TPSA) is 42.8 Å². The molecule has 192 valence electrons. The summed E-state index contributed by atoms with van der Waals surface area (Å²) in [7, 11) is 1.33. The molecule has 3 rings (SSSR count). The molecule has 0 unspecified atom stereocenters. The summed E-state index contributed by atoms with van der Waals surface area (Å²) in [5.74, 6) is -9.34. The van der Waals surface area contributed by atoms with Crippen LogP contribution in [0.1, 0.15) is 16.7 Å². The minimum atomic E-state index is -5.65. The highest BCUT2D eigenvalue weighted by Gasteiger charge is 2.42. The fourth-order valence-corrected chi connectivity index (χ4v) is 3.93. The second-order valence-electron chi connectivity index (χ2n) is 6.93. The number of halogens is 10. The Balaban J connectivity index is 1.83. The van der Waals surface area contributed by atoms with Gasteiger partial charge in [-0.1, -0.05) is 29.3 Å². The summed E-state index contributed by atoms with van der Waals surface area (Å²) in [6.07, 6.45) is -4.68. The summed E-state index contributed by atoms with van der Waals surface area (Å²) in [5.41, 5.74) is -1.67. The van der Waals surface area contributed by atoms with Crippen LogP contribution in [0.3, 0.4) is 0 Å². The molecule has 14 heteroatoms. The molecular weight excluding hydrogens is 608 g/mol. The number of nitrogens with one attached hydrogen (secondary N) is 1. The quantitative estimate of drug-likeness (QED) is 0.125. The van der Waals surface area contributed by atoms with Gasteiger partial charge < -0.3 is 9.47 Å². The molecule has 0 aliphatic carbocycles. The van der Waals surface area contributed by atoms with Crippen molar-refractivity contribution in [1.29, 1.82) is 0 Å². The van der Waals surface area contributed by atoms with E-state index in [1.807, 2.05) is 0 Å². The van der Waals surface area contributed by atoms with Crippen LogP contribution in [-0.2, 0) is 12.8 Å². The van der Waals surface area contributed by atoms with Crippen LogP contribution in [0.2, 0.25) is 10.0 Å². The molecule has 0 heterocycles. The highest BCUT2D eigenvalue weighted by molar-refractivity contribution is 9.10. The Morgan fingerprint density at radius 2 is 1.64 bits per heavy atom. The average Bonchev–Trinajstić information content (AvgIpc) is 2.79. The normalized spacial score (nSPS) is 11.8. The number of benzene rings is 3. The predicted octanol–water partition coefficient (Wildman–Crippen LogP) is 8.36. The van der Waals surface area contributed by atoms with Crippen molar-refractivity contribution in [1.82, 2.24) is 0 Å². The Morgan fingerprint density at radius 3 is 2.19 bits per heavy atom. The molecule has 3 aromatic rings. The molecule has 36 heavy (non-hydrogen) atoms. The van der Waals surface area contributed by atoms with Gasteiger partial charge in [0, 0.05) is 15.6 Å². The molecule has 0 amide bonds. The third-order valence-corrected chi connectivity index (χ3v) is 5.75. The number of hydrogen-bond acceptors (Lipinski definition) is 4. The van der Waals surface area contributed by atoms with Gasteiger partial charge in [0.25, 0.3) is 0 Å². The number of hydrazone groups is 1. The van der Waals surface area contributed by atoms with E-state index >= 15 is 0 Å². The van der Waals surface area contributed by atoms with E-state index in [0.29, 0.717) is 20.1 Å². The molecular formula is C22H12BrCl2F7N2O2. The van der Waals surface area contributed by atoms with Gasteiger partial charge in [-0.3, -0.25) is 5.43 Å². The maximum atomic E-state index is 14.0. The van der Waals surface area contributed by atoms with Crippen molar-refractivity contribution in [2.75, 3.05) is 12.5 Å². The average molecular weight is 620 g/mol. The number of alkyl halides is 3. The van der Waals surface area contributed by atoms with Crippen LogP contribution >= 0.6 is 39.1 Å². The molecule has 0 atom stereocenters. The fourth-order valence-electron chi connectivity index (χ4n) is 2.89. The second-order valence-corrected chi connectivity index (χ2v) is 8.63. The van der Waals surface area contributed by atoms with Crippen LogP contribution < -0.4 is 14.9 Å². The summed E-state index contributed by atoms with van der Waals surface area (Å²) in [6.45, 7) is 0.0452. The lowest BCUT2D eigenvalue weighted by Crippen LogP contribution is -2.16. The summed E-state index contributed by atoms with van der Waals surface area (Å²) in [4.78, 5) is 0. The lowest BCUT2D eigenvalue weighted by Gasteiger charge is -2.14. The molecule has 0 spiro atoms. The van der Waals surface area contributed by atoms with Crippen molar-refractivity contribution in [2.24, 2.45) is 5.10 Å². The van der Waals surface area contributed by atoms with E-state index in [9.17, 15) is 30.7 Å². The number of rotatable bonds is 7. The molecule has 0 aliphatic rings. The van der Waals surface area contributed by atoms with Crippen molar-refractivity contribution in [3.63, 3.8) is 0 Å². The largest absolute Gasteiger partial charge is 0.493 e. The molecule has 0 saturated carbocycles. The minimum absolute atomic E-state index is 0.0452. The third-order valence-electron chi connectivity index (χ3n) is 4.58. The van der Waals surface area contributed by atoms with Gasteiger partial charge in [-0.25, -0.2) is 17.6 Å². The molecule has 0 bridgehead atoms. The Labute approximate surface area is 217 Å². The van der Waals surface area contributed by atoms with Gasteiger partial charge in [-0.05, 0) is 45.8 Å². The standard InChI is InChI=1S/C22H12BrCl2F7N2O2/c1-35-14-5-9(4-12(23)21(14)36-8-10-2-3-11(24)6-13(10)25)7-33-34-20-18(28)16(26)15(22(30,31)32)17(27)19(20)29/h2-7,34H,8H2,1H3/b33-7-. The predicted molar refractivity (Wildman–Crippen MR) is 124 cm³/mol. The van der Waals surface area contributed by atoms with E-state index in [4.69, 9.17) is 32.7 Å². The first-order valence-electron chi connectivity index (χ1n) is 9.51. The Morgan fingerprint density at radius 1 is 1.00 bits per heavy atom. The molecule has 4 nitrogen and oxygen atoms in total. The number of ether oxygens (including phenoxy) is 2. The fraction of sp³-hybridized carbons (Fsp3) is 0.136. The van der Waals surface area contributed by atoms with E-state index in [1.54, 1.807) is 23.6 Å². The smallest absolute Gasteiger partial charge is 0.422 e. The van der Waals surface area contributed by atoms with E-state index in [0.717, 1.165) is 6.21 Å². The Bertz CT molecular complexity index is 1310. The zero-order chi connectivity index (χ0) is 26.8. The highest BCUT2D eigenvalue weighted by Crippen LogP contribution is 2.39. The van der Waals surface area contributed by atoms with E-state index in [-0.39, 0.29) is 23.7 Å². The molecule has 0 aromatic heterocycles. The van der Waals surface area contributed by atoms with Gasteiger partial charge in [0.15, 0.2) is 34.8 Å². The summed E-state index contributed by atoms with van der Waals surface area (Å²) < 4.78 is 105. The van der Waals surface area contributed by atoms with Crippen molar-refractivity contribution in [2.45, 2.75) is 12.8 Å². The first-order chi connectivity index (χ1) is 16.8. The van der Waals surface area contributed by atoms with Gasteiger partial charge in [0.05, 0.1) is 17.8 Å². The second kappa shape index (κ2) is 11.1. The van der Waals surface area contributed by atoms with Gasteiger partial charge >= 0.3 is 6.18 Å². The first kappa shape index (κ1) is 27.9. The first-order valence-corrected chi connectivity index (χ1v) is 11.1. The van der Waals surface area contributed by atoms with E-state index < -0.39 is 40.7 Å². The maximum Gasteiger partial charge on any atom is 0.422 e. The Hall–Kier alpha value is -2.70. The van der Waals surface area contributed by atoms with Gasteiger partial charge in [0.2, 0.25) is 0 Å². The SMILES string of the molecule is COc1cc(/C=N\Nc2c(F)c(F)c(C(F)(F)F)c(F)c2F)cc(Br)c1OCc1ccc(Cl)cc1Cl. The van der Waals surface area contributed by atoms with Crippen molar-refractivity contribution < 1.29 is 40.2 Å². The van der Waals surface area contributed by atoms with Crippen molar-refractivity contribution in [3.8, 4) is 11.5 Å². The lowest BCUT2D eigenvalue weighted by molar-refractivity contribution is -0.143. The van der Waals surface area contributed by atoms with Gasteiger partial charge in [0.1, 0.15) is 17.9 Å². The maximum absolute atomic E-state index is 14.0. The lowest BCUT2D eigenvalue weighted by atomic mass is 10.1. The summed E-state index contributed by atoms with van der Waals surface area (Å²) in [5, 5.41) is 4.27. The number of nitrogens with zero attached hydrogens (tertiary/aromatic N) is 1. The van der Waals surface area contributed by atoms with Crippen molar-refractivity contribution in [3.05, 3.63) is 84.8 Å². The third kappa shape index (κ3) is 5.98. The molecule has 0 aliphatic heterocycles. The number of methoxy groups -OCH3 is 1. The monoisotopic (exact) mass is 618 g/mol. The van der Waals surface area contributed by atoms with Crippen molar-refractivity contribution >= 4 is 51.0 Å². The number of anilines is 1. The van der Waals surface area contributed by atoms with Gasteiger partial charge in [-0.2, -0.15) is 18.3 Å². The van der Waals surface area contributed by atoms with E-state index in [2.05, 4.69) is 21.0 Å². The van der Waals surface area contributed by atoms with E-state index in [1.165, 1.54) is 19.2 Å². The molecule has 1 N–H and O–H groups in total. The van der Waals surface area contributed by atoms with Crippen LogP contribution in [0.4, 0.5) is 36.4 Å². The summed E-state index contributed by atoms with van der Waals surface area (Å²) >= 11 is 15.3. The van der Waals surface area contributed by atoms with Crippen LogP contribution in [0.25, 0.3) is 0 Å². The van der Waals surface area contributed by atoms with Crippen LogP contribution in [0.5, 0.6) is 11.5 Å². The summed E-state index contributed by atoms with van der Waals surface area (Å²) in [6, 6.07) is 7.69.